The van der Waals surface area contributed by atoms with Crippen LogP contribution in [0, 0.1) is 0 Å². The smallest absolute Gasteiger partial charge is 0.263 e. The van der Waals surface area contributed by atoms with Crippen molar-refractivity contribution in [3.63, 3.8) is 0 Å². The van der Waals surface area contributed by atoms with E-state index in [0.29, 0.717) is 24.3 Å². The van der Waals surface area contributed by atoms with E-state index in [1.807, 2.05) is 52.9 Å². The highest BCUT2D eigenvalue weighted by atomic mass is 16.5. The Bertz CT molecular complexity index is 1240. The second kappa shape index (κ2) is 7.89. The molecule has 2 aromatic carbocycles. The molecule has 0 amide bonds. The summed E-state index contributed by atoms with van der Waals surface area (Å²) >= 11 is 0. The lowest BCUT2D eigenvalue weighted by molar-refractivity contribution is 0.0329. The van der Waals surface area contributed by atoms with Crippen molar-refractivity contribution in [3.05, 3.63) is 70.3 Å². The average molecular weight is 405 g/mol. The highest BCUT2D eigenvalue weighted by Crippen LogP contribution is 2.18. The molecule has 3 heterocycles. The Kier molecular flexibility index (Phi) is 4.94. The van der Waals surface area contributed by atoms with Crippen LogP contribution in [0.25, 0.3) is 16.7 Å². The molecule has 0 N–H and O–H groups in total. The molecule has 154 valence electrons. The van der Waals surface area contributed by atoms with E-state index >= 15 is 0 Å². The first-order chi connectivity index (χ1) is 14.7. The summed E-state index contributed by atoms with van der Waals surface area (Å²) in [7, 11) is 1.64. The molecule has 5 rings (SSSR count). The van der Waals surface area contributed by atoms with Gasteiger partial charge in [-0.25, -0.2) is 0 Å². The molecule has 30 heavy (non-hydrogen) atoms. The summed E-state index contributed by atoms with van der Waals surface area (Å²) in [5.41, 5.74) is 1.75. The van der Waals surface area contributed by atoms with Crippen LogP contribution >= 0.6 is 0 Å². The minimum atomic E-state index is -0.0701. The minimum absolute atomic E-state index is 0.0701. The van der Waals surface area contributed by atoms with Gasteiger partial charge in [0, 0.05) is 13.1 Å². The third-order valence-electron chi connectivity index (χ3n) is 5.54. The molecule has 8 nitrogen and oxygen atoms in total. The summed E-state index contributed by atoms with van der Waals surface area (Å²) in [5, 5.41) is 9.53. The predicted molar refractivity (Wildman–Crippen MR) is 113 cm³/mol. The number of hydrogen-bond donors (Lipinski definition) is 0. The molecule has 0 spiro atoms. The van der Waals surface area contributed by atoms with Crippen LogP contribution in [0.15, 0.2) is 53.3 Å². The van der Waals surface area contributed by atoms with Crippen LogP contribution in [-0.4, -0.2) is 57.5 Å². The Hall–Kier alpha value is -3.23. The first kappa shape index (κ1) is 18.8. The first-order valence-electron chi connectivity index (χ1n) is 10.0. The van der Waals surface area contributed by atoms with Crippen LogP contribution in [0.5, 0.6) is 5.75 Å². The normalized spacial score (nSPS) is 15.1. The van der Waals surface area contributed by atoms with E-state index in [0.717, 1.165) is 49.0 Å². The Balaban J connectivity index is 1.63. The summed E-state index contributed by atoms with van der Waals surface area (Å²) in [6.45, 7) is 4.23. The molecule has 0 bridgehead atoms. The van der Waals surface area contributed by atoms with E-state index in [1.54, 1.807) is 11.7 Å². The summed E-state index contributed by atoms with van der Waals surface area (Å²) in [4.78, 5) is 15.6. The van der Waals surface area contributed by atoms with Crippen molar-refractivity contribution in [2.75, 3.05) is 33.4 Å². The van der Waals surface area contributed by atoms with Gasteiger partial charge in [-0.15, -0.1) is 10.2 Å². The van der Waals surface area contributed by atoms with E-state index in [1.165, 1.54) is 0 Å². The Morgan fingerprint density at radius 2 is 1.77 bits per heavy atom. The average Bonchev–Trinajstić information content (AvgIpc) is 3.21. The number of ether oxygens (including phenoxy) is 2. The van der Waals surface area contributed by atoms with E-state index in [2.05, 4.69) is 15.1 Å². The molecular formula is C22H23N5O3. The maximum absolute atomic E-state index is 13.3. The van der Waals surface area contributed by atoms with Crippen molar-refractivity contribution in [2.24, 2.45) is 0 Å². The van der Waals surface area contributed by atoms with Crippen LogP contribution in [0.3, 0.4) is 0 Å². The van der Waals surface area contributed by atoms with Crippen molar-refractivity contribution >= 4 is 16.7 Å². The van der Waals surface area contributed by atoms with Crippen LogP contribution in [-0.2, 0) is 17.8 Å². The Morgan fingerprint density at radius 1 is 1.00 bits per heavy atom. The third kappa shape index (κ3) is 3.34. The highest BCUT2D eigenvalue weighted by Gasteiger charge is 2.19. The molecular weight excluding hydrogens is 382 g/mol. The molecule has 1 saturated heterocycles. The van der Waals surface area contributed by atoms with Crippen molar-refractivity contribution in [3.8, 4) is 5.75 Å². The van der Waals surface area contributed by atoms with Gasteiger partial charge in [-0.2, -0.15) is 0 Å². The van der Waals surface area contributed by atoms with Crippen LogP contribution < -0.4 is 10.3 Å². The van der Waals surface area contributed by atoms with Crippen LogP contribution in [0.4, 0.5) is 0 Å². The number of para-hydroxylation sites is 1. The van der Waals surface area contributed by atoms with Gasteiger partial charge in [0.15, 0.2) is 5.82 Å². The van der Waals surface area contributed by atoms with Gasteiger partial charge in [0.25, 0.3) is 5.56 Å². The van der Waals surface area contributed by atoms with Gasteiger partial charge < -0.3 is 9.47 Å². The fourth-order valence-electron chi connectivity index (χ4n) is 3.93. The number of nitrogens with zero attached hydrogens (tertiary/aromatic N) is 5. The van der Waals surface area contributed by atoms with E-state index < -0.39 is 0 Å². The SMILES string of the molecule is COc1ccc(Cn2c(=O)c3ccccc3n3c(CN4CCOCC4)nnc23)cc1. The zero-order valence-electron chi connectivity index (χ0n) is 16.8. The van der Waals surface area contributed by atoms with Crippen molar-refractivity contribution in [1.29, 1.82) is 0 Å². The Labute approximate surface area is 173 Å². The van der Waals surface area contributed by atoms with Gasteiger partial charge >= 0.3 is 0 Å². The van der Waals surface area contributed by atoms with Gasteiger partial charge in [0.1, 0.15) is 5.75 Å². The minimum Gasteiger partial charge on any atom is -0.497 e. The topological polar surface area (TPSA) is 73.9 Å². The molecule has 0 atom stereocenters. The number of hydrogen-bond acceptors (Lipinski definition) is 6. The van der Waals surface area contributed by atoms with Crippen molar-refractivity contribution < 1.29 is 9.47 Å². The summed E-state index contributed by atoms with van der Waals surface area (Å²) in [6.07, 6.45) is 0. The Morgan fingerprint density at radius 3 is 2.53 bits per heavy atom. The van der Waals surface area contributed by atoms with Crippen LogP contribution in [0.1, 0.15) is 11.4 Å². The number of fused-ring (bicyclic) bond motifs is 3. The van der Waals surface area contributed by atoms with E-state index in [9.17, 15) is 4.79 Å². The van der Waals surface area contributed by atoms with Gasteiger partial charge in [-0.05, 0) is 29.8 Å². The third-order valence-corrected chi connectivity index (χ3v) is 5.54. The molecule has 1 fully saturated rings. The standard InChI is InChI=1S/C22H23N5O3/c1-29-17-8-6-16(7-9-17)14-26-21(28)18-4-2-3-5-19(18)27-20(23-24-22(26)27)15-25-10-12-30-13-11-25/h2-9H,10-15H2,1H3. The summed E-state index contributed by atoms with van der Waals surface area (Å²) in [6, 6.07) is 15.4. The monoisotopic (exact) mass is 405 g/mol. The number of rotatable bonds is 5. The molecule has 1 aliphatic rings. The maximum Gasteiger partial charge on any atom is 0.263 e. The van der Waals surface area contributed by atoms with Crippen LogP contribution in [0.2, 0.25) is 0 Å². The molecule has 8 heteroatoms. The number of morpholine rings is 1. The molecule has 0 unspecified atom stereocenters. The molecule has 0 saturated carbocycles. The fraction of sp³-hybridized carbons (Fsp3) is 0.318. The maximum atomic E-state index is 13.3. The van der Waals surface area contributed by atoms with Crippen molar-refractivity contribution in [2.45, 2.75) is 13.1 Å². The summed E-state index contributed by atoms with van der Waals surface area (Å²) in [5.74, 6) is 2.16. The summed E-state index contributed by atoms with van der Waals surface area (Å²) < 4.78 is 14.4. The number of aromatic nitrogens is 4. The molecule has 4 aromatic rings. The fourth-order valence-corrected chi connectivity index (χ4v) is 3.93. The molecule has 0 aliphatic carbocycles. The van der Waals surface area contributed by atoms with E-state index in [-0.39, 0.29) is 5.56 Å². The highest BCUT2D eigenvalue weighted by molar-refractivity contribution is 5.80. The molecule has 2 aromatic heterocycles. The lowest BCUT2D eigenvalue weighted by Gasteiger charge is -2.25. The predicted octanol–water partition coefficient (Wildman–Crippen LogP) is 1.93. The second-order valence-corrected chi connectivity index (χ2v) is 7.40. The lowest BCUT2D eigenvalue weighted by Crippen LogP contribution is -2.36. The van der Waals surface area contributed by atoms with Gasteiger partial charge in [-0.3, -0.25) is 18.7 Å². The lowest BCUT2D eigenvalue weighted by atomic mass is 10.2. The number of methoxy groups -OCH3 is 1. The largest absolute Gasteiger partial charge is 0.497 e. The molecule has 0 radical (unpaired) electrons. The molecule has 1 aliphatic heterocycles. The zero-order valence-corrected chi connectivity index (χ0v) is 16.8. The number of benzene rings is 2. The second-order valence-electron chi connectivity index (χ2n) is 7.40. The van der Waals surface area contributed by atoms with Crippen molar-refractivity contribution in [1.82, 2.24) is 24.1 Å². The van der Waals surface area contributed by atoms with E-state index in [4.69, 9.17) is 9.47 Å². The van der Waals surface area contributed by atoms with Gasteiger partial charge in [0.05, 0.1) is 44.3 Å². The first-order valence-corrected chi connectivity index (χ1v) is 10.0. The zero-order chi connectivity index (χ0) is 20.5. The van der Waals surface area contributed by atoms with Gasteiger partial charge in [-0.1, -0.05) is 24.3 Å². The quantitative estimate of drug-likeness (QED) is 0.505. The van der Waals surface area contributed by atoms with Gasteiger partial charge in [0.2, 0.25) is 5.78 Å².